The van der Waals surface area contributed by atoms with E-state index < -0.39 is 15.6 Å². The summed E-state index contributed by atoms with van der Waals surface area (Å²) in [5.41, 5.74) is 1.95. The van der Waals surface area contributed by atoms with Crippen LogP contribution in [0.5, 0.6) is 0 Å². The van der Waals surface area contributed by atoms with Gasteiger partial charge in [-0.25, -0.2) is 13.1 Å². The minimum absolute atomic E-state index is 0.0558. The fourth-order valence-corrected chi connectivity index (χ4v) is 4.29. The predicted molar refractivity (Wildman–Crippen MR) is 116 cm³/mol. The molecule has 0 amide bonds. The minimum Gasteiger partial charge on any atom is -0.283 e. The molecule has 1 heterocycles. The van der Waals surface area contributed by atoms with E-state index in [-0.39, 0.29) is 10.6 Å². The maximum absolute atomic E-state index is 12.9. The first-order chi connectivity index (χ1) is 13.7. The lowest BCUT2D eigenvalue weighted by Crippen LogP contribution is -2.23. The number of aryl methyl sites for hydroxylation is 1. The van der Waals surface area contributed by atoms with Gasteiger partial charge in [0.15, 0.2) is 0 Å². The van der Waals surface area contributed by atoms with Crippen molar-refractivity contribution in [1.82, 2.24) is 9.36 Å². The van der Waals surface area contributed by atoms with Crippen molar-refractivity contribution in [1.29, 1.82) is 0 Å². The van der Waals surface area contributed by atoms with Crippen LogP contribution in [0.2, 0.25) is 0 Å². The highest BCUT2D eigenvalue weighted by atomic mass is 32.2. The molecule has 0 spiro atoms. The number of aromatic nitrogens is 2. The third kappa shape index (κ3) is 4.45. The molecule has 0 aliphatic heterocycles. The van der Waals surface area contributed by atoms with Crippen LogP contribution in [0.3, 0.4) is 0 Å². The van der Waals surface area contributed by atoms with E-state index in [1.165, 1.54) is 4.68 Å². The molecular weight excluding hydrogens is 386 g/mol. The van der Waals surface area contributed by atoms with Crippen LogP contribution in [-0.2, 0) is 23.5 Å². The lowest BCUT2D eigenvalue weighted by molar-refractivity contribution is 0.586. The fourth-order valence-electron chi connectivity index (χ4n) is 3.17. The number of para-hydroxylation sites is 1. The zero-order valence-electron chi connectivity index (χ0n) is 17.2. The van der Waals surface area contributed by atoms with E-state index in [0.29, 0.717) is 17.3 Å². The molecule has 2 aromatic carbocycles. The van der Waals surface area contributed by atoms with Crippen molar-refractivity contribution in [2.45, 2.75) is 38.5 Å². The summed E-state index contributed by atoms with van der Waals surface area (Å²) in [6.07, 6.45) is 1.96. The van der Waals surface area contributed by atoms with Crippen molar-refractivity contribution in [3.05, 3.63) is 76.2 Å². The Morgan fingerprint density at radius 1 is 1.00 bits per heavy atom. The number of anilines is 1. The molecule has 7 heteroatoms. The van der Waals surface area contributed by atoms with Crippen LogP contribution < -0.4 is 10.3 Å². The molecule has 0 aliphatic rings. The summed E-state index contributed by atoms with van der Waals surface area (Å²) in [7, 11) is -2.14. The molecule has 29 heavy (non-hydrogen) atoms. The third-order valence-corrected chi connectivity index (χ3v) is 6.40. The average molecular weight is 414 g/mol. The Morgan fingerprint density at radius 3 is 2.21 bits per heavy atom. The molecule has 1 N–H and O–H groups in total. The van der Waals surface area contributed by atoms with Crippen molar-refractivity contribution in [2.24, 2.45) is 13.0 Å². The van der Waals surface area contributed by atoms with Crippen LogP contribution in [0.1, 0.15) is 31.5 Å². The maximum Gasteiger partial charge on any atom is 0.296 e. The van der Waals surface area contributed by atoms with Crippen molar-refractivity contribution < 1.29 is 8.42 Å². The molecule has 3 rings (SSSR count). The number of sulfonamides is 1. The molecule has 0 radical (unpaired) electrons. The summed E-state index contributed by atoms with van der Waals surface area (Å²) in [4.78, 5) is 13.1. The van der Waals surface area contributed by atoms with E-state index >= 15 is 0 Å². The second-order valence-electron chi connectivity index (χ2n) is 7.62. The lowest BCUT2D eigenvalue weighted by atomic mass is 10.0. The second kappa shape index (κ2) is 8.29. The zero-order chi connectivity index (χ0) is 21.2. The van der Waals surface area contributed by atoms with Crippen LogP contribution >= 0.6 is 0 Å². The van der Waals surface area contributed by atoms with Crippen LogP contribution in [0.25, 0.3) is 5.69 Å². The predicted octanol–water partition coefficient (Wildman–Crippen LogP) is 3.87. The van der Waals surface area contributed by atoms with Gasteiger partial charge in [-0.15, -0.1) is 0 Å². The molecule has 1 aromatic heterocycles. The highest BCUT2D eigenvalue weighted by Crippen LogP contribution is 2.20. The van der Waals surface area contributed by atoms with E-state index in [4.69, 9.17) is 0 Å². The molecule has 154 valence electrons. The highest BCUT2D eigenvalue weighted by molar-refractivity contribution is 7.92. The molecule has 0 fully saturated rings. The number of nitrogens with zero attached hydrogens (tertiary/aromatic N) is 2. The first-order valence-corrected chi connectivity index (χ1v) is 11.1. The average Bonchev–Trinajstić information content (AvgIpc) is 2.90. The van der Waals surface area contributed by atoms with E-state index in [9.17, 15) is 13.2 Å². The van der Waals surface area contributed by atoms with E-state index in [1.807, 2.05) is 30.3 Å². The molecule has 3 aromatic rings. The van der Waals surface area contributed by atoms with Gasteiger partial charge < -0.3 is 0 Å². The highest BCUT2D eigenvalue weighted by Gasteiger charge is 2.22. The monoisotopic (exact) mass is 413 g/mol. The van der Waals surface area contributed by atoms with E-state index in [2.05, 4.69) is 18.6 Å². The summed E-state index contributed by atoms with van der Waals surface area (Å²) in [6, 6.07) is 16.0. The van der Waals surface area contributed by atoms with Crippen LogP contribution in [0.4, 0.5) is 5.69 Å². The number of benzene rings is 2. The lowest BCUT2D eigenvalue weighted by Gasteiger charge is -2.09. The fraction of sp³-hybridized carbons (Fsp3) is 0.318. The SMILES string of the molecule is Cc1c(NS(=O)(=O)c2ccc(CCC(C)C)cc2)c(=O)n(-c2ccccc2)n1C. The summed E-state index contributed by atoms with van der Waals surface area (Å²) < 4.78 is 31.3. The maximum atomic E-state index is 12.9. The van der Waals surface area contributed by atoms with Crippen molar-refractivity contribution >= 4 is 15.7 Å². The topological polar surface area (TPSA) is 73.1 Å². The van der Waals surface area contributed by atoms with Crippen molar-refractivity contribution in [2.75, 3.05) is 4.72 Å². The van der Waals surface area contributed by atoms with Gasteiger partial charge in [-0.05, 0) is 55.5 Å². The van der Waals surface area contributed by atoms with E-state index in [1.54, 1.807) is 42.9 Å². The molecule has 0 saturated carbocycles. The third-order valence-electron chi connectivity index (χ3n) is 5.03. The molecular formula is C22H27N3O3S. The molecule has 0 bridgehead atoms. The van der Waals surface area contributed by atoms with Gasteiger partial charge in [-0.1, -0.05) is 44.2 Å². The van der Waals surface area contributed by atoms with Gasteiger partial charge >= 0.3 is 0 Å². The zero-order valence-corrected chi connectivity index (χ0v) is 18.0. The molecule has 0 saturated heterocycles. The Bertz CT molecular complexity index is 1140. The number of hydrogen-bond donors (Lipinski definition) is 1. The van der Waals surface area contributed by atoms with Crippen LogP contribution in [0.15, 0.2) is 64.3 Å². The standard InChI is InChI=1S/C22H27N3O3S/c1-16(2)10-11-18-12-14-20(15-13-18)29(27,28)23-21-17(3)24(4)25(22(21)26)19-8-6-5-7-9-19/h5-9,12-16,23H,10-11H2,1-4H3. The largest absolute Gasteiger partial charge is 0.296 e. The number of nitrogens with one attached hydrogen (secondary N) is 1. The summed E-state index contributed by atoms with van der Waals surface area (Å²) in [5.74, 6) is 0.591. The smallest absolute Gasteiger partial charge is 0.283 e. The van der Waals surface area contributed by atoms with Gasteiger partial charge in [0.1, 0.15) is 5.69 Å². The van der Waals surface area contributed by atoms with Crippen LogP contribution in [0, 0.1) is 12.8 Å². The van der Waals surface area contributed by atoms with Crippen molar-refractivity contribution in [3.8, 4) is 5.69 Å². The Kier molecular flexibility index (Phi) is 5.98. The van der Waals surface area contributed by atoms with Crippen molar-refractivity contribution in [3.63, 3.8) is 0 Å². The molecule has 0 unspecified atom stereocenters. The van der Waals surface area contributed by atoms with Gasteiger partial charge in [-0.3, -0.25) is 14.2 Å². The Morgan fingerprint density at radius 2 is 1.62 bits per heavy atom. The van der Waals surface area contributed by atoms with Gasteiger partial charge in [0.25, 0.3) is 15.6 Å². The first kappa shape index (κ1) is 20.9. The van der Waals surface area contributed by atoms with Gasteiger partial charge in [0.2, 0.25) is 0 Å². The number of rotatable bonds is 7. The normalized spacial score (nSPS) is 11.8. The second-order valence-corrected chi connectivity index (χ2v) is 9.30. The molecule has 0 atom stereocenters. The molecule has 6 nitrogen and oxygen atoms in total. The van der Waals surface area contributed by atoms with Crippen LogP contribution in [-0.4, -0.2) is 17.8 Å². The molecule has 0 aliphatic carbocycles. The van der Waals surface area contributed by atoms with Gasteiger partial charge in [-0.2, -0.15) is 0 Å². The summed E-state index contributed by atoms with van der Waals surface area (Å²) in [6.45, 7) is 6.04. The Hall–Kier alpha value is -2.80. The van der Waals surface area contributed by atoms with E-state index in [0.717, 1.165) is 18.4 Å². The van der Waals surface area contributed by atoms with Gasteiger partial charge in [0, 0.05) is 7.05 Å². The Labute approximate surface area is 171 Å². The summed E-state index contributed by atoms with van der Waals surface area (Å²) >= 11 is 0. The quantitative estimate of drug-likeness (QED) is 0.639. The minimum atomic E-state index is -3.87. The Balaban J connectivity index is 1.90. The van der Waals surface area contributed by atoms with Gasteiger partial charge in [0.05, 0.1) is 16.3 Å². The summed E-state index contributed by atoms with van der Waals surface area (Å²) in [5, 5.41) is 0. The number of hydrogen-bond acceptors (Lipinski definition) is 3. The first-order valence-electron chi connectivity index (χ1n) is 9.66.